The van der Waals surface area contributed by atoms with Crippen molar-refractivity contribution in [3.05, 3.63) is 0 Å². The molecule has 2 amide bonds. The number of hydrogen-bond acceptors (Lipinski definition) is 4. The van der Waals surface area contributed by atoms with Crippen LogP contribution in [0.25, 0.3) is 0 Å². The van der Waals surface area contributed by atoms with Gasteiger partial charge in [-0.1, -0.05) is 6.92 Å². The van der Waals surface area contributed by atoms with Crippen molar-refractivity contribution >= 4 is 12.0 Å². The minimum atomic E-state index is -1.05. The molecule has 0 aromatic rings. The van der Waals surface area contributed by atoms with E-state index < -0.39 is 18.1 Å². The maximum atomic E-state index is 12.5. The molecular weight excluding hydrogens is 274 g/mol. The number of carbonyl (C=O) groups excluding carboxylic acids is 1. The van der Waals surface area contributed by atoms with Gasteiger partial charge in [-0.2, -0.15) is 0 Å². The molecule has 2 aliphatic rings. The molecule has 0 radical (unpaired) electrons. The number of amides is 2. The number of hydrogen-bond donors (Lipinski definition) is 2. The number of rotatable bonds is 3. The molecule has 0 spiro atoms. The first-order valence-electron chi connectivity index (χ1n) is 7.60. The first kappa shape index (κ1) is 16.0. The van der Waals surface area contributed by atoms with Crippen molar-refractivity contribution in [3.8, 4) is 0 Å². The van der Waals surface area contributed by atoms with Crippen LogP contribution in [-0.4, -0.2) is 88.3 Å². The second-order valence-electron chi connectivity index (χ2n) is 5.95. The van der Waals surface area contributed by atoms with Crippen LogP contribution < -0.4 is 0 Å². The number of aliphatic hydroxyl groups excluding tert-OH is 1. The molecule has 0 unspecified atom stereocenters. The second-order valence-corrected chi connectivity index (χ2v) is 5.95. The van der Waals surface area contributed by atoms with Crippen LogP contribution in [0.5, 0.6) is 0 Å². The summed E-state index contributed by atoms with van der Waals surface area (Å²) in [5.74, 6) is -1.05. The zero-order valence-corrected chi connectivity index (χ0v) is 12.7. The van der Waals surface area contributed by atoms with E-state index in [4.69, 9.17) is 0 Å². The first-order valence-corrected chi connectivity index (χ1v) is 7.60. The largest absolute Gasteiger partial charge is 0.480 e. The van der Waals surface area contributed by atoms with E-state index in [1.54, 1.807) is 11.9 Å². The summed E-state index contributed by atoms with van der Waals surface area (Å²) in [6, 6.07) is -1.05. The molecule has 2 rings (SSSR count). The second kappa shape index (κ2) is 6.62. The summed E-state index contributed by atoms with van der Waals surface area (Å²) in [5.41, 5.74) is 0. The standard InChI is InChI=1S/C14H25N3O4/c1-3-16-6-4-10(5-7-16)15(2)14(21)17-9-11(18)8-12(17)13(19)20/h10-12,18H,3-9H2,1-2H3,(H,19,20)/t11-,12+/m1/s1. The Morgan fingerprint density at radius 1 is 1.29 bits per heavy atom. The average molecular weight is 299 g/mol. The van der Waals surface area contributed by atoms with Gasteiger partial charge in [0.2, 0.25) is 0 Å². The zero-order valence-electron chi connectivity index (χ0n) is 12.7. The highest BCUT2D eigenvalue weighted by molar-refractivity contribution is 5.83. The third-order valence-electron chi connectivity index (χ3n) is 4.66. The zero-order chi connectivity index (χ0) is 15.6. The van der Waals surface area contributed by atoms with Crippen molar-refractivity contribution in [2.24, 2.45) is 0 Å². The van der Waals surface area contributed by atoms with Gasteiger partial charge in [0.05, 0.1) is 6.10 Å². The molecule has 2 N–H and O–H groups in total. The van der Waals surface area contributed by atoms with Gasteiger partial charge in [0.25, 0.3) is 0 Å². The highest BCUT2D eigenvalue weighted by Gasteiger charge is 2.41. The number of likely N-dealkylation sites (tertiary alicyclic amines) is 2. The van der Waals surface area contributed by atoms with Crippen molar-refractivity contribution in [1.29, 1.82) is 0 Å². The molecule has 2 fully saturated rings. The Kier molecular flexibility index (Phi) is 5.05. The average Bonchev–Trinajstić information content (AvgIpc) is 2.88. The smallest absolute Gasteiger partial charge is 0.326 e. The van der Waals surface area contributed by atoms with Crippen LogP contribution in [0.1, 0.15) is 26.2 Å². The van der Waals surface area contributed by atoms with Gasteiger partial charge in [0, 0.05) is 39.1 Å². The normalized spacial score (nSPS) is 27.9. The molecule has 2 saturated heterocycles. The number of carboxylic acids is 1. The van der Waals surface area contributed by atoms with Crippen LogP contribution in [0.15, 0.2) is 0 Å². The van der Waals surface area contributed by atoms with E-state index in [0.717, 1.165) is 32.5 Å². The van der Waals surface area contributed by atoms with Gasteiger partial charge >= 0.3 is 12.0 Å². The van der Waals surface area contributed by atoms with Crippen LogP contribution in [0.3, 0.4) is 0 Å². The van der Waals surface area contributed by atoms with Gasteiger partial charge < -0.3 is 24.9 Å². The highest BCUT2D eigenvalue weighted by atomic mass is 16.4. The summed E-state index contributed by atoms with van der Waals surface area (Å²) in [6.07, 6.45) is 1.18. The number of aliphatic carboxylic acids is 1. The Labute approximate surface area is 125 Å². The Morgan fingerprint density at radius 3 is 2.43 bits per heavy atom. The van der Waals surface area contributed by atoms with E-state index in [1.165, 1.54) is 4.90 Å². The van der Waals surface area contributed by atoms with Crippen LogP contribution in [0, 0.1) is 0 Å². The van der Waals surface area contributed by atoms with E-state index in [9.17, 15) is 19.8 Å². The molecule has 2 atom stereocenters. The van der Waals surface area contributed by atoms with E-state index in [2.05, 4.69) is 11.8 Å². The number of carbonyl (C=O) groups is 2. The Balaban J connectivity index is 1.97. The summed E-state index contributed by atoms with van der Waals surface area (Å²) < 4.78 is 0. The first-order chi connectivity index (χ1) is 9.93. The Bertz CT molecular complexity index is 396. The fourth-order valence-corrected chi connectivity index (χ4v) is 3.24. The Hall–Kier alpha value is -1.34. The number of urea groups is 1. The predicted octanol–water partition coefficient (Wildman–Crippen LogP) is 0.0423. The quantitative estimate of drug-likeness (QED) is 0.769. The van der Waals surface area contributed by atoms with Crippen molar-refractivity contribution in [2.75, 3.05) is 33.2 Å². The van der Waals surface area contributed by atoms with Gasteiger partial charge in [-0.05, 0) is 19.4 Å². The van der Waals surface area contributed by atoms with E-state index in [0.29, 0.717) is 0 Å². The molecule has 0 aromatic heterocycles. The SMILES string of the molecule is CCN1CCC(N(C)C(=O)N2C[C@H](O)C[C@H]2C(=O)O)CC1. The highest BCUT2D eigenvalue weighted by Crippen LogP contribution is 2.22. The molecule has 0 aromatic carbocycles. The number of piperidine rings is 1. The van der Waals surface area contributed by atoms with E-state index in [-0.39, 0.29) is 25.0 Å². The lowest BCUT2D eigenvalue weighted by molar-refractivity contribution is -0.141. The van der Waals surface area contributed by atoms with Gasteiger partial charge in [0.15, 0.2) is 0 Å². The molecule has 7 heteroatoms. The lowest BCUT2D eigenvalue weighted by Crippen LogP contribution is -2.52. The third kappa shape index (κ3) is 3.47. The Morgan fingerprint density at radius 2 is 1.90 bits per heavy atom. The number of aliphatic hydroxyl groups is 1. The molecule has 0 aliphatic carbocycles. The number of nitrogens with zero attached hydrogens (tertiary/aromatic N) is 3. The maximum Gasteiger partial charge on any atom is 0.326 e. The van der Waals surface area contributed by atoms with Crippen molar-refractivity contribution in [1.82, 2.24) is 14.7 Å². The van der Waals surface area contributed by atoms with Crippen molar-refractivity contribution < 1.29 is 19.8 Å². The lowest BCUT2D eigenvalue weighted by Gasteiger charge is -2.38. The number of carboxylic acid groups (broad SMARTS) is 1. The monoisotopic (exact) mass is 299 g/mol. The predicted molar refractivity (Wildman–Crippen MR) is 77.0 cm³/mol. The molecule has 2 aliphatic heterocycles. The fourth-order valence-electron chi connectivity index (χ4n) is 3.24. The summed E-state index contributed by atoms with van der Waals surface area (Å²) in [4.78, 5) is 29.0. The summed E-state index contributed by atoms with van der Waals surface area (Å²) in [5, 5.41) is 18.8. The molecule has 0 saturated carbocycles. The van der Waals surface area contributed by atoms with E-state index in [1.807, 2.05) is 0 Å². The summed E-state index contributed by atoms with van der Waals surface area (Å²) >= 11 is 0. The van der Waals surface area contributed by atoms with Crippen molar-refractivity contribution in [3.63, 3.8) is 0 Å². The number of β-amino-alcohol motifs (C(OH)–C–C–N with tert-alkyl or cyclic N) is 1. The van der Waals surface area contributed by atoms with Gasteiger partial charge in [0.1, 0.15) is 6.04 Å². The molecule has 7 nitrogen and oxygen atoms in total. The fraction of sp³-hybridized carbons (Fsp3) is 0.857. The van der Waals surface area contributed by atoms with Gasteiger partial charge in [-0.3, -0.25) is 0 Å². The topological polar surface area (TPSA) is 84.3 Å². The maximum absolute atomic E-state index is 12.5. The molecular formula is C14H25N3O4. The molecule has 0 bridgehead atoms. The third-order valence-corrected chi connectivity index (χ3v) is 4.66. The van der Waals surface area contributed by atoms with E-state index >= 15 is 0 Å². The summed E-state index contributed by atoms with van der Waals surface area (Å²) in [6.45, 7) is 5.17. The van der Waals surface area contributed by atoms with Crippen LogP contribution >= 0.6 is 0 Å². The molecule has 2 heterocycles. The van der Waals surface area contributed by atoms with Crippen LogP contribution in [-0.2, 0) is 4.79 Å². The lowest BCUT2D eigenvalue weighted by atomic mass is 10.0. The van der Waals surface area contributed by atoms with Gasteiger partial charge in [-0.25, -0.2) is 9.59 Å². The minimum Gasteiger partial charge on any atom is -0.480 e. The van der Waals surface area contributed by atoms with Gasteiger partial charge in [-0.15, -0.1) is 0 Å². The van der Waals surface area contributed by atoms with Crippen LogP contribution in [0.4, 0.5) is 4.79 Å². The molecule has 21 heavy (non-hydrogen) atoms. The van der Waals surface area contributed by atoms with Crippen molar-refractivity contribution in [2.45, 2.75) is 44.4 Å². The molecule has 120 valence electrons. The van der Waals surface area contributed by atoms with Crippen LogP contribution in [0.2, 0.25) is 0 Å². The summed E-state index contributed by atoms with van der Waals surface area (Å²) in [7, 11) is 1.73. The minimum absolute atomic E-state index is 0.105.